The molecular formula is C10H12ClFN2O. The van der Waals surface area contributed by atoms with Crippen molar-refractivity contribution in [1.82, 2.24) is 5.32 Å². The number of anilines is 1. The van der Waals surface area contributed by atoms with Crippen molar-refractivity contribution in [3.63, 3.8) is 0 Å². The van der Waals surface area contributed by atoms with Gasteiger partial charge >= 0.3 is 0 Å². The summed E-state index contributed by atoms with van der Waals surface area (Å²) in [7, 11) is 1.68. The van der Waals surface area contributed by atoms with Crippen LogP contribution in [0.15, 0.2) is 18.2 Å². The smallest absolute Gasteiger partial charge is 0.241 e. The minimum Gasteiger partial charge on any atom is -0.325 e. The van der Waals surface area contributed by atoms with E-state index in [1.54, 1.807) is 14.0 Å². The normalized spacial score (nSPS) is 12.3. The molecule has 2 N–H and O–H groups in total. The van der Waals surface area contributed by atoms with E-state index in [0.29, 0.717) is 5.69 Å². The van der Waals surface area contributed by atoms with Gasteiger partial charge in [0.1, 0.15) is 5.82 Å². The number of carbonyl (C=O) groups is 1. The van der Waals surface area contributed by atoms with Crippen molar-refractivity contribution in [2.24, 2.45) is 0 Å². The first-order valence-electron chi connectivity index (χ1n) is 4.47. The van der Waals surface area contributed by atoms with Gasteiger partial charge in [0, 0.05) is 5.69 Å². The molecule has 0 aliphatic heterocycles. The monoisotopic (exact) mass is 230 g/mol. The van der Waals surface area contributed by atoms with Crippen LogP contribution in [0.5, 0.6) is 0 Å². The highest BCUT2D eigenvalue weighted by Crippen LogP contribution is 2.19. The van der Waals surface area contributed by atoms with Gasteiger partial charge in [-0.25, -0.2) is 4.39 Å². The van der Waals surface area contributed by atoms with Crippen LogP contribution in [0.1, 0.15) is 6.92 Å². The van der Waals surface area contributed by atoms with Crippen molar-refractivity contribution in [2.45, 2.75) is 13.0 Å². The van der Waals surface area contributed by atoms with Crippen LogP contribution < -0.4 is 10.6 Å². The fourth-order valence-corrected chi connectivity index (χ4v) is 1.14. The van der Waals surface area contributed by atoms with E-state index in [1.165, 1.54) is 18.2 Å². The molecule has 82 valence electrons. The molecule has 0 aliphatic rings. The second kappa shape index (κ2) is 5.09. The second-order valence-corrected chi connectivity index (χ2v) is 3.54. The number of nitrogens with one attached hydrogen (secondary N) is 2. The van der Waals surface area contributed by atoms with Gasteiger partial charge in [-0.1, -0.05) is 11.6 Å². The van der Waals surface area contributed by atoms with Crippen LogP contribution in [0.25, 0.3) is 0 Å². The predicted octanol–water partition coefficient (Wildman–Crippen LogP) is 2.03. The number of amides is 1. The Bertz CT molecular complexity index is 370. The van der Waals surface area contributed by atoms with Gasteiger partial charge in [-0.05, 0) is 32.2 Å². The van der Waals surface area contributed by atoms with Gasteiger partial charge in [0.25, 0.3) is 0 Å². The largest absolute Gasteiger partial charge is 0.325 e. The van der Waals surface area contributed by atoms with E-state index >= 15 is 0 Å². The van der Waals surface area contributed by atoms with Crippen molar-refractivity contribution in [3.8, 4) is 0 Å². The molecule has 1 rings (SSSR count). The van der Waals surface area contributed by atoms with Crippen LogP contribution in [0.2, 0.25) is 5.02 Å². The Morgan fingerprint density at radius 2 is 2.20 bits per heavy atom. The van der Waals surface area contributed by atoms with Crippen LogP contribution in [-0.2, 0) is 4.79 Å². The van der Waals surface area contributed by atoms with Gasteiger partial charge in [0.2, 0.25) is 5.91 Å². The zero-order valence-corrected chi connectivity index (χ0v) is 9.23. The van der Waals surface area contributed by atoms with Gasteiger partial charge in [-0.2, -0.15) is 0 Å². The molecule has 3 nitrogen and oxygen atoms in total. The number of hydrogen-bond donors (Lipinski definition) is 2. The highest BCUT2D eigenvalue weighted by atomic mass is 35.5. The molecule has 1 aromatic rings. The van der Waals surface area contributed by atoms with Gasteiger partial charge in [0.15, 0.2) is 0 Å². The molecule has 0 fully saturated rings. The zero-order chi connectivity index (χ0) is 11.4. The Balaban J connectivity index is 2.73. The Hall–Kier alpha value is -1.13. The molecule has 1 unspecified atom stereocenters. The van der Waals surface area contributed by atoms with Gasteiger partial charge in [-0.3, -0.25) is 4.79 Å². The summed E-state index contributed by atoms with van der Waals surface area (Å²) in [6.07, 6.45) is 0. The Morgan fingerprint density at radius 1 is 1.53 bits per heavy atom. The Morgan fingerprint density at radius 3 is 2.73 bits per heavy atom. The van der Waals surface area contributed by atoms with Gasteiger partial charge in [0.05, 0.1) is 11.1 Å². The number of carbonyl (C=O) groups excluding carboxylic acids is 1. The summed E-state index contributed by atoms with van der Waals surface area (Å²) >= 11 is 5.57. The minimum atomic E-state index is -0.503. The third-order valence-electron chi connectivity index (χ3n) is 2.01. The van der Waals surface area contributed by atoms with Crippen molar-refractivity contribution in [3.05, 3.63) is 29.0 Å². The van der Waals surface area contributed by atoms with Crippen LogP contribution in [0, 0.1) is 5.82 Å². The molecule has 0 saturated carbocycles. The van der Waals surface area contributed by atoms with Crippen molar-refractivity contribution >= 4 is 23.2 Å². The van der Waals surface area contributed by atoms with E-state index in [1.807, 2.05) is 0 Å². The van der Waals surface area contributed by atoms with E-state index in [-0.39, 0.29) is 17.0 Å². The maximum atomic E-state index is 12.8. The number of likely N-dealkylation sites (N-methyl/N-ethyl adjacent to an activating group) is 1. The average Bonchev–Trinajstić information content (AvgIpc) is 2.22. The molecule has 0 spiro atoms. The van der Waals surface area contributed by atoms with E-state index < -0.39 is 5.82 Å². The predicted molar refractivity (Wildman–Crippen MR) is 58.6 cm³/mol. The summed E-state index contributed by atoms with van der Waals surface area (Å²) in [5.41, 5.74) is 0.480. The zero-order valence-electron chi connectivity index (χ0n) is 8.47. The van der Waals surface area contributed by atoms with Gasteiger partial charge < -0.3 is 10.6 Å². The summed E-state index contributed by atoms with van der Waals surface area (Å²) in [5, 5.41) is 5.39. The van der Waals surface area contributed by atoms with Crippen LogP contribution in [-0.4, -0.2) is 19.0 Å². The minimum absolute atomic E-state index is 0.00934. The van der Waals surface area contributed by atoms with E-state index in [4.69, 9.17) is 11.6 Å². The lowest BCUT2D eigenvalue weighted by molar-refractivity contribution is -0.117. The molecule has 1 atom stereocenters. The van der Waals surface area contributed by atoms with Crippen LogP contribution in [0.3, 0.4) is 0 Å². The quantitative estimate of drug-likeness (QED) is 0.834. The molecule has 0 aromatic heterocycles. The summed E-state index contributed by atoms with van der Waals surface area (Å²) < 4.78 is 12.8. The molecular weight excluding hydrogens is 219 g/mol. The molecule has 0 heterocycles. The number of rotatable bonds is 3. The third-order valence-corrected chi connectivity index (χ3v) is 2.30. The number of halogens is 2. The van der Waals surface area contributed by atoms with Crippen molar-refractivity contribution < 1.29 is 9.18 Å². The van der Waals surface area contributed by atoms with E-state index in [9.17, 15) is 9.18 Å². The summed E-state index contributed by atoms with van der Waals surface area (Å²) in [6.45, 7) is 1.72. The third kappa shape index (κ3) is 3.18. The summed E-state index contributed by atoms with van der Waals surface area (Å²) in [5.74, 6) is -0.698. The molecule has 0 aliphatic carbocycles. The molecule has 1 aromatic carbocycles. The summed E-state index contributed by atoms with van der Waals surface area (Å²) in [6, 6.07) is 3.73. The number of benzene rings is 1. The average molecular weight is 231 g/mol. The van der Waals surface area contributed by atoms with Crippen LogP contribution >= 0.6 is 11.6 Å². The fourth-order valence-electron chi connectivity index (χ4n) is 0.955. The molecule has 15 heavy (non-hydrogen) atoms. The molecule has 0 radical (unpaired) electrons. The highest BCUT2D eigenvalue weighted by molar-refractivity contribution is 6.31. The lowest BCUT2D eigenvalue weighted by atomic mass is 10.2. The molecule has 0 bridgehead atoms. The topological polar surface area (TPSA) is 41.1 Å². The van der Waals surface area contributed by atoms with Gasteiger partial charge in [-0.15, -0.1) is 0 Å². The lowest BCUT2D eigenvalue weighted by Crippen LogP contribution is -2.35. The number of hydrogen-bond acceptors (Lipinski definition) is 2. The van der Waals surface area contributed by atoms with E-state index in [0.717, 1.165) is 0 Å². The lowest BCUT2D eigenvalue weighted by Gasteiger charge is -2.11. The fraction of sp³-hybridized carbons (Fsp3) is 0.300. The second-order valence-electron chi connectivity index (χ2n) is 3.13. The molecule has 0 saturated heterocycles. The SMILES string of the molecule is CNC(C)C(=O)Nc1ccc(F)c(Cl)c1. The first kappa shape index (κ1) is 11.9. The first-order valence-corrected chi connectivity index (χ1v) is 4.85. The van der Waals surface area contributed by atoms with Crippen molar-refractivity contribution in [1.29, 1.82) is 0 Å². The maximum Gasteiger partial charge on any atom is 0.241 e. The van der Waals surface area contributed by atoms with Crippen molar-refractivity contribution in [2.75, 3.05) is 12.4 Å². The van der Waals surface area contributed by atoms with Crippen LogP contribution in [0.4, 0.5) is 10.1 Å². The van der Waals surface area contributed by atoms with E-state index in [2.05, 4.69) is 10.6 Å². The maximum absolute atomic E-state index is 12.8. The first-order chi connectivity index (χ1) is 7.04. The standard InChI is InChI=1S/C10H12ClFN2O/c1-6(13-2)10(15)14-7-3-4-9(12)8(11)5-7/h3-6,13H,1-2H3,(H,14,15). The highest BCUT2D eigenvalue weighted by Gasteiger charge is 2.10. The Labute approximate surface area is 92.6 Å². The summed E-state index contributed by atoms with van der Waals surface area (Å²) in [4.78, 5) is 11.4. The molecule has 5 heteroatoms. The molecule has 1 amide bonds. The Kier molecular flexibility index (Phi) is 4.05.